The highest BCUT2D eigenvalue weighted by atomic mass is 16.3. The Bertz CT molecular complexity index is 1570. The van der Waals surface area contributed by atoms with Crippen molar-refractivity contribution in [3.05, 3.63) is 127 Å². The number of aromatic amines is 1. The minimum atomic E-state index is -1.24. The monoisotopic (exact) mass is 456 g/mol. The maximum Gasteiger partial charge on any atom is 0.162 e. The van der Waals surface area contributed by atoms with E-state index >= 15 is 0 Å². The van der Waals surface area contributed by atoms with Crippen molar-refractivity contribution < 1.29 is 5.11 Å². The Morgan fingerprint density at radius 3 is 2.17 bits per heavy atom. The molecule has 0 aliphatic carbocycles. The fraction of sp³-hybridized carbons (Fsp3) is 0.0667. The normalized spacial score (nSPS) is 11.7. The van der Waals surface area contributed by atoms with Gasteiger partial charge in [-0.3, -0.25) is 0 Å². The van der Waals surface area contributed by atoms with Crippen LogP contribution in [0.5, 0.6) is 0 Å². The minimum Gasteiger partial charge on any atom is -0.379 e. The van der Waals surface area contributed by atoms with Gasteiger partial charge in [0.1, 0.15) is 11.4 Å². The molecule has 6 rings (SSSR count). The van der Waals surface area contributed by atoms with Crippen LogP contribution in [-0.4, -0.2) is 26.6 Å². The van der Waals surface area contributed by atoms with Gasteiger partial charge in [-0.2, -0.15) is 0 Å². The number of anilines is 1. The molecule has 2 heterocycles. The number of para-hydroxylation sites is 1. The number of nitrogens with zero attached hydrogens (tertiary/aromatic N) is 2. The van der Waals surface area contributed by atoms with Gasteiger partial charge in [0, 0.05) is 28.0 Å². The number of nitrogens with one attached hydrogen (secondary N) is 2. The van der Waals surface area contributed by atoms with E-state index in [1.165, 1.54) is 0 Å². The number of H-pyrrole nitrogens is 1. The van der Waals surface area contributed by atoms with Crippen LogP contribution in [-0.2, 0) is 5.60 Å². The summed E-state index contributed by atoms with van der Waals surface area (Å²) < 4.78 is 0. The molecule has 5 nitrogen and oxygen atoms in total. The van der Waals surface area contributed by atoms with Crippen LogP contribution < -0.4 is 5.32 Å². The lowest BCUT2D eigenvalue weighted by Gasteiger charge is -2.30. The predicted molar refractivity (Wildman–Crippen MR) is 141 cm³/mol. The molecule has 3 N–H and O–H groups in total. The summed E-state index contributed by atoms with van der Waals surface area (Å²) in [6.07, 6.45) is 1.93. The lowest BCUT2D eigenvalue weighted by atomic mass is 9.86. The summed E-state index contributed by atoms with van der Waals surface area (Å²) in [6.45, 7) is 0.248. The van der Waals surface area contributed by atoms with Crippen LogP contribution in [0, 0.1) is 0 Å². The first-order valence-electron chi connectivity index (χ1n) is 11.6. The zero-order valence-corrected chi connectivity index (χ0v) is 19.0. The first kappa shape index (κ1) is 21.1. The number of benzene rings is 4. The Balaban J connectivity index is 1.43. The highest BCUT2D eigenvalue weighted by Crippen LogP contribution is 2.32. The van der Waals surface area contributed by atoms with Crippen molar-refractivity contribution in [1.29, 1.82) is 0 Å². The SMILES string of the molecule is OC(CNc1nc(-c2ccc3[nH]ccc3c2)nc2ccccc12)(c1ccccc1)c1ccccc1. The largest absolute Gasteiger partial charge is 0.379 e. The molecule has 5 heteroatoms. The van der Waals surface area contributed by atoms with Crippen molar-refractivity contribution >= 4 is 27.6 Å². The fourth-order valence-corrected chi connectivity index (χ4v) is 4.54. The van der Waals surface area contributed by atoms with E-state index in [4.69, 9.17) is 9.97 Å². The molecule has 2 aromatic heterocycles. The number of rotatable bonds is 6. The Labute approximate surface area is 203 Å². The van der Waals surface area contributed by atoms with Gasteiger partial charge in [-0.25, -0.2) is 9.97 Å². The number of hydrogen-bond acceptors (Lipinski definition) is 4. The summed E-state index contributed by atoms with van der Waals surface area (Å²) in [5.74, 6) is 1.32. The molecule has 0 spiro atoms. The van der Waals surface area contributed by atoms with Crippen LogP contribution in [0.2, 0.25) is 0 Å². The molecule has 35 heavy (non-hydrogen) atoms. The van der Waals surface area contributed by atoms with Crippen molar-refractivity contribution in [2.24, 2.45) is 0 Å². The first-order chi connectivity index (χ1) is 17.2. The molecule has 0 bridgehead atoms. The Hall–Kier alpha value is -4.48. The van der Waals surface area contributed by atoms with Crippen molar-refractivity contribution in [3.8, 4) is 11.4 Å². The quantitative estimate of drug-likeness (QED) is 0.282. The van der Waals surface area contributed by atoms with Crippen LogP contribution in [0.1, 0.15) is 11.1 Å². The van der Waals surface area contributed by atoms with Crippen LogP contribution in [0.4, 0.5) is 5.82 Å². The average molecular weight is 457 g/mol. The molecule has 0 aliphatic heterocycles. The van der Waals surface area contributed by atoms with E-state index in [0.717, 1.165) is 38.5 Å². The van der Waals surface area contributed by atoms with Gasteiger partial charge in [-0.15, -0.1) is 0 Å². The van der Waals surface area contributed by atoms with E-state index in [1.807, 2.05) is 109 Å². The van der Waals surface area contributed by atoms with E-state index in [2.05, 4.69) is 16.4 Å². The second-order valence-electron chi connectivity index (χ2n) is 8.64. The minimum absolute atomic E-state index is 0.248. The molecule has 6 aromatic rings. The highest BCUT2D eigenvalue weighted by Gasteiger charge is 2.31. The second-order valence-corrected chi connectivity index (χ2v) is 8.64. The molecule has 0 aliphatic rings. The highest BCUT2D eigenvalue weighted by molar-refractivity contribution is 5.91. The molecule has 0 fully saturated rings. The van der Waals surface area contributed by atoms with E-state index < -0.39 is 5.60 Å². The van der Waals surface area contributed by atoms with E-state index in [0.29, 0.717) is 11.6 Å². The summed E-state index contributed by atoms with van der Waals surface area (Å²) in [5.41, 5.74) is 3.25. The lowest BCUT2D eigenvalue weighted by Crippen LogP contribution is -2.35. The van der Waals surface area contributed by atoms with Gasteiger partial charge >= 0.3 is 0 Å². The maximum absolute atomic E-state index is 12.0. The van der Waals surface area contributed by atoms with Gasteiger partial charge in [0.25, 0.3) is 0 Å². The molecule has 0 saturated carbocycles. The third kappa shape index (κ3) is 3.92. The molecule has 0 unspecified atom stereocenters. The van der Waals surface area contributed by atoms with E-state index in [-0.39, 0.29) is 6.54 Å². The summed E-state index contributed by atoms with van der Waals surface area (Å²) in [7, 11) is 0. The topological polar surface area (TPSA) is 73.8 Å². The van der Waals surface area contributed by atoms with Crippen LogP contribution in [0.15, 0.2) is 115 Å². The number of aromatic nitrogens is 3. The zero-order valence-electron chi connectivity index (χ0n) is 19.0. The van der Waals surface area contributed by atoms with Gasteiger partial charge < -0.3 is 15.4 Å². The van der Waals surface area contributed by atoms with Gasteiger partial charge in [0.05, 0.1) is 12.1 Å². The van der Waals surface area contributed by atoms with Crippen molar-refractivity contribution in [2.45, 2.75) is 5.60 Å². The van der Waals surface area contributed by atoms with Crippen molar-refractivity contribution in [2.75, 3.05) is 11.9 Å². The Morgan fingerprint density at radius 1 is 0.743 bits per heavy atom. The molecular weight excluding hydrogens is 432 g/mol. The standard InChI is InChI=1S/C30H24N4O/c35-30(23-9-3-1-4-10-23,24-11-5-2-6-12-24)20-32-29-25-13-7-8-14-27(25)33-28(34-29)22-15-16-26-21(19-22)17-18-31-26/h1-19,31,35H,20H2,(H,32,33,34). The lowest BCUT2D eigenvalue weighted by molar-refractivity contribution is 0.0949. The molecule has 170 valence electrons. The summed E-state index contributed by atoms with van der Waals surface area (Å²) in [6, 6.07) is 35.6. The van der Waals surface area contributed by atoms with Crippen LogP contribution in [0.25, 0.3) is 33.2 Å². The smallest absolute Gasteiger partial charge is 0.162 e. The third-order valence-corrected chi connectivity index (χ3v) is 6.43. The molecule has 0 atom stereocenters. The maximum atomic E-state index is 12.0. The molecule has 4 aromatic carbocycles. The number of aliphatic hydroxyl groups is 1. The van der Waals surface area contributed by atoms with E-state index in [9.17, 15) is 5.11 Å². The van der Waals surface area contributed by atoms with Crippen LogP contribution in [0.3, 0.4) is 0 Å². The van der Waals surface area contributed by atoms with Gasteiger partial charge in [-0.05, 0) is 47.5 Å². The number of fused-ring (bicyclic) bond motifs is 2. The van der Waals surface area contributed by atoms with Crippen LogP contribution >= 0.6 is 0 Å². The number of hydrogen-bond donors (Lipinski definition) is 3. The molecular formula is C30H24N4O. The van der Waals surface area contributed by atoms with Gasteiger partial charge in [-0.1, -0.05) is 72.8 Å². The Kier molecular flexibility index (Phi) is 5.24. The van der Waals surface area contributed by atoms with E-state index in [1.54, 1.807) is 0 Å². The molecule has 0 amide bonds. The third-order valence-electron chi connectivity index (χ3n) is 6.43. The average Bonchev–Trinajstić information content (AvgIpc) is 3.40. The van der Waals surface area contributed by atoms with Crippen molar-refractivity contribution in [1.82, 2.24) is 15.0 Å². The summed E-state index contributed by atoms with van der Waals surface area (Å²) in [5, 5.41) is 17.4. The zero-order chi connectivity index (χ0) is 23.7. The fourth-order valence-electron chi connectivity index (χ4n) is 4.54. The first-order valence-corrected chi connectivity index (χ1v) is 11.6. The Morgan fingerprint density at radius 2 is 1.43 bits per heavy atom. The molecule has 0 radical (unpaired) electrons. The molecule has 0 saturated heterocycles. The van der Waals surface area contributed by atoms with Crippen molar-refractivity contribution in [3.63, 3.8) is 0 Å². The van der Waals surface area contributed by atoms with Gasteiger partial charge in [0.2, 0.25) is 0 Å². The predicted octanol–water partition coefficient (Wildman–Crippen LogP) is 6.13. The summed E-state index contributed by atoms with van der Waals surface area (Å²) >= 11 is 0. The second kappa shape index (κ2) is 8.70. The summed E-state index contributed by atoms with van der Waals surface area (Å²) in [4.78, 5) is 13.0. The van der Waals surface area contributed by atoms with Gasteiger partial charge in [0.15, 0.2) is 5.82 Å².